The third kappa shape index (κ3) is 1.90. The highest BCUT2D eigenvalue weighted by Gasteiger charge is 2.26. The maximum absolute atomic E-state index is 3.53. The van der Waals surface area contributed by atoms with Crippen molar-refractivity contribution in [2.24, 2.45) is 0 Å². The summed E-state index contributed by atoms with van der Waals surface area (Å²) in [6, 6.07) is 7.52. The first kappa shape index (κ1) is 10.9. The molecular formula is C15H22N2. The molecule has 3 rings (SSSR count). The number of hydrogen-bond acceptors (Lipinski definition) is 2. The van der Waals surface area contributed by atoms with Gasteiger partial charge in [0.05, 0.1) is 0 Å². The van der Waals surface area contributed by atoms with Crippen molar-refractivity contribution in [1.82, 2.24) is 0 Å². The van der Waals surface area contributed by atoms with Crippen molar-refractivity contribution in [1.29, 1.82) is 0 Å². The Labute approximate surface area is 104 Å². The van der Waals surface area contributed by atoms with Gasteiger partial charge in [0.15, 0.2) is 0 Å². The maximum atomic E-state index is 3.53. The molecular weight excluding hydrogens is 208 g/mol. The van der Waals surface area contributed by atoms with Crippen LogP contribution in [0, 0.1) is 0 Å². The molecule has 1 saturated heterocycles. The predicted molar refractivity (Wildman–Crippen MR) is 73.9 cm³/mol. The number of anilines is 2. The van der Waals surface area contributed by atoms with Crippen molar-refractivity contribution in [2.75, 3.05) is 23.3 Å². The summed E-state index contributed by atoms with van der Waals surface area (Å²) in [7, 11) is 0. The van der Waals surface area contributed by atoms with Crippen LogP contribution >= 0.6 is 0 Å². The van der Waals surface area contributed by atoms with Crippen LogP contribution in [-0.4, -0.2) is 19.1 Å². The Hall–Kier alpha value is -1.18. The largest absolute Gasteiger partial charge is 0.385 e. The highest BCUT2D eigenvalue weighted by Crippen LogP contribution is 2.35. The Balaban J connectivity index is 1.97. The lowest BCUT2D eigenvalue weighted by Gasteiger charge is -2.31. The number of hydrogen-bond donors (Lipinski definition) is 1. The smallest absolute Gasteiger partial charge is 0.0422 e. The van der Waals surface area contributed by atoms with Gasteiger partial charge in [-0.2, -0.15) is 0 Å². The molecule has 0 amide bonds. The fourth-order valence-electron chi connectivity index (χ4n) is 3.34. The minimum Gasteiger partial charge on any atom is -0.385 e. The quantitative estimate of drug-likeness (QED) is 0.837. The molecule has 17 heavy (non-hydrogen) atoms. The third-order valence-electron chi connectivity index (χ3n) is 4.23. The van der Waals surface area contributed by atoms with E-state index < -0.39 is 0 Å². The van der Waals surface area contributed by atoms with Crippen LogP contribution in [0.25, 0.3) is 0 Å². The monoisotopic (exact) mass is 230 g/mol. The molecule has 2 aliphatic rings. The summed E-state index contributed by atoms with van der Waals surface area (Å²) in [5, 5.41) is 3.53. The second kappa shape index (κ2) is 4.59. The van der Waals surface area contributed by atoms with Gasteiger partial charge in [-0.1, -0.05) is 13.0 Å². The van der Waals surface area contributed by atoms with E-state index in [-0.39, 0.29) is 0 Å². The van der Waals surface area contributed by atoms with Gasteiger partial charge in [0.1, 0.15) is 0 Å². The lowest BCUT2D eigenvalue weighted by atomic mass is 10.00. The van der Waals surface area contributed by atoms with Gasteiger partial charge in [-0.25, -0.2) is 0 Å². The summed E-state index contributed by atoms with van der Waals surface area (Å²) in [4.78, 5) is 2.64. The topological polar surface area (TPSA) is 15.3 Å². The number of rotatable bonds is 2. The van der Waals surface area contributed by atoms with Crippen molar-refractivity contribution < 1.29 is 0 Å². The molecule has 0 saturated carbocycles. The fraction of sp³-hybridized carbons (Fsp3) is 0.600. The van der Waals surface area contributed by atoms with E-state index in [1.807, 2.05) is 0 Å². The maximum Gasteiger partial charge on any atom is 0.0422 e. The molecule has 1 atom stereocenters. The second-order valence-electron chi connectivity index (χ2n) is 5.23. The van der Waals surface area contributed by atoms with E-state index in [0.717, 1.165) is 12.6 Å². The number of benzene rings is 1. The van der Waals surface area contributed by atoms with Gasteiger partial charge in [-0.15, -0.1) is 0 Å². The average molecular weight is 230 g/mol. The van der Waals surface area contributed by atoms with Crippen molar-refractivity contribution in [3.8, 4) is 0 Å². The molecule has 1 aromatic rings. The van der Waals surface area contributed by atoms with Gasteiger partial charge in [-0.05, 0) is 49.8 Å². The molecule has 1 unspecified atom stereocenters. The van der Waals surface area contributed by atoms with E-state index in [4.69, 9.17) is 0 Å². The van der Waals surface area contributed by atoms with E-state index in [1.165, 1.54) is 50.0 Å². The molecule has 2 aliphatic heterocycles. The molecule has 1 fully saturated rings. The average Bonchev–Trinajstić information content (AvgIpc) is 2.86. The molecule has 0 bridgehead atoms. The summed E-state index contributed by atoms with van der Waals surface area (Å²) in [6.07, 6.45) is 6.51. The van der Waals surface area contributed by atoms with Gasteiger partial charge in [0, 0.05) is 30.5 Å². The third-order valence-corrected chi connectivity index (χ3v) is 4.23. The Bertz CT molecular complexity index is 400. The molecule has 0 spiro atoms. The van der Waals surface area contributed by atoms with Crippen LogP contribution in [0.2, 0.25) is 0 Å². The van der Waals surface area contributed by atoms with Crippen LogP contribution < -0.4 is 10.2 Å². The van der Waals surface area contributed by atoms with E-state index in [9.17, 15) is 0 Å². The Kier molecular flexibility index (Phi) is 2.96. The molecule has 2 nitrogen and oxygen atoms in total. The summed E-state index contributed by atoms with van der Waals surface area (Å²) in [5.74, 6) is 0. The summed E-state index contributed by atoms with van der Waals surface area (Å²) in [5.41, 5.74) is 4.42. The minimum absolute atomic E-state index is 0.767. The SMILES string of the molecule is CCC1CCCN1c1cccc2c1CCCN2. The van der Waals surface area contributed by atoms with Crippen LogP contribution in [0.3, 0.4) is 0 Å². The highest BCUT2D eigenvalue weighted by molar-refractivity contribution is 5.68. The van der Waals surface area contributed by atoms with Crippen LogP contribution in [0.15, 0.2) is 18.2 Å². The van der Waals surface area contributed by atoms with Gasteiger partial charge < -0.3 is 10.2 Å². The molecule has 2 heterocycles. The first-order valence-electron chi connectivity index (χ1n) is 7.02. The van der Waals surface area contributed by atoms with E-state index >= 15 is 0 Å². The number of nitrogens with one attached hydrogen (secondary N) is 1. The highest BCUT2D eigenvalue weighted by atomic mass is 15.2. The zero-order valence-corrected chi connectivity index (χ0v) is 10.7. The van der Waals surface area contributed by atoms with Crippen LogP contribution in [0.1, 0.15) is 38.2 Å². The molecule has 1 aromatic carbocycles. The summed E-state index contributed by atoms with van der Waals surface area (Å²) in [6.45, 7) is 4.69. The number of nitrogens with zero attached hydrogens (tertiary/aromatic N) is 1. The first-order chi connectivity index (χ1) is 8.40. The molecule has 2 heteroatoms. The van der Waals surface area contributed by atoms with Crippen molar-refractivity contribution >= 4 is 11.4 Å². The standard InChI is InChI=1S/C15H22N2/c1-2-12-6-5-11-17(12)15-9-3-8-14-13(15)7-4-10-16-14/h3,8-9,12,16H,2,4-7,10-11H2,1H3. The minimum atomic E-state index is 0.767. The van der Waals surface area contributed by atoms with Crippen LogP contribution in [0.4, 0.5) is 11.4 Å². The summed E-state index contributed by atoms with van der Waals surface area (Å²) >= 11 is 0. The number of fused-ring (bicyclic) bond motifs is 1. The normalized spacial score (nSPS) is 23.4. The van der Waals surface area contributed by atoms with Crippen LogP contribution in [-0.2, 0) is 6.42 Å². The van der Waals surface area contributed by atoms with Crippen LogP contribution in [0.5, 0.6) is 0 Å². The Morgan fingerprint density at radius 2 is 2.29 bits per heavy atom. The van der Waals surface area contributed by atoms with E-state index in [1.54, 1.807) is 5.56 Å². The van der Waals surface area contributed by atoms with Crippen molar-refractivity contribution in [3.63, 3.8) is 0 Å². The first-order valence-corrected chi connectivity index (χ1v) is 7.02. The fourth-order valence-corrected chi connectivity index (χ4v) is 3.34. The molecule has 1 N–H and O–H groups in total. The predicted octanol–water partition coefficient (Wildman–Crippen LogP) is 3.42. The zero-order chi connectivity index (χ0) is 11.7. The second-order valence-corrected chi connectivity index (χ2v) is 5.23. The van der Waals surface area contributed by atoms with Crippen molar-refractivity contribution in [2.45, 2.75) is 45.1 Å². The van der Waals surface area contributed by atoms with Crippen molar-refractivity contribution in [3.05, 3.63) is 23.8 Å². The Morgan fingerprint density at radius 1 is 1.35 bits per heavy atom. The lowest BCUT2D eigenvalue weighted by Crippen LogP contribution is -2.30. The molecule has 0 aliphatic carbocycles. The lowest BCUT2D eigenvalue weighted by molar-refractivity contribution is 0.642. The Morgan fingerprint density at radius 3 is 3.18 bits per heavy atom. The molecule has 92 valence electrons. The van der Waals surface area contributed by atoms with E-state index in [0.29, 0.717) is 0 Å². The van der Waals surface area contributed by atoms with Gasteiger partial charge in [-0.3, -0.25) is 0 Å². The molecule has 0 aromatic heterocycles. The van der Waals surface area contributed by atoms with Gasteiger partial charge in [0.25, 0.3) is 0 Å². The summed E-state index contributed by atoms with van der Waals surface area (Å²) < 4.78 is 0. The van der Waals surface area contributed by atoms with E-state index in [2.05, 4.69) is 35.3 Å². The van der Waals surface area contributed by atoms with Gasteiger partial charge in [0.2, 0.25) is 0 Å². The zero-order valence-electron chi connectivity index (χ0n) is 10.7. The molecule has 0 radical (unpaired) electrons. The van der Waals surface area contributed by atoms with Gasteiger partial charge >= 0.3 is 0 Å².